The largest absolute Gasteiger partial charge is 0.504 e. The lowest BCUT2D eigenvalue weighted by Gasteiger charge is -2.21. The Hall–Kier alpha value is -2.95. The second-order valence-corrected chi connectivity index (χ2v) is 4.86. The van der Waals surface area contributed by atoms with Crippen molar-refractivity contribution in [2.45, 2.75) is 0 Å². The van der Waals surface area contributed by atoms with E-state index in [1.807, 2.05) is 36.2 Å². The molecule has 112 valence electrons. The van der Waals surface area contributed by atoms with Gasteiger partial charge in [-0.15, -0.1) is 0 Å². The molecule has 1 heterocycles. The van der Waals surface area contributed by atoms with Crippen LogP contribution in [0.15, 0.2) is 57.7 Å². The summed E-state index contributed by atoms with van der Waals surface area (Å²) in [6.07, 6.45) is 0. The maximum absolute atomic E-state index is 11.7. The molecular formula is C17H15NO4. The van der Waals surface area contributed by atoms with Crippen LogP contribution in [0.5, 0.6) is 11.5 Å². The maximum atomic E-state index is 11.7. The van der Waals surface area contributed by atoms with E-state index in [4.69, 9.17) is 9.15 Å². The van der Waals surface area contributed by atoms with Crippen molar-refractivity contribution < 1.29 is 14.3 Å². The topological polar surface area (TPSA) is 62.9 Å². The van der Waals surface area contributed by atoms with Crippen molar-refractivity contribution in [2.75, 3.05) is 19.1 Å². The fraction of sp³-hybridized carbons (Fsp3) is 0.118. The zero-order valence-corrected chi connectivity index (χ0v) is 12.2. The van der Waals surface area contributed by atoms with Gasteiger partial charge in [-0.1, -0.05) is 12.1 Å². The third-order valence-corrected chi connectivity index (χ3v) is 3.54. The van der Waals surface area contributed by atoms with Gasteiger partial charge in [-0.3, -0.25) is 0 Å². The second-order valence-electron chi connectivity index (χ2n) is 4.86. The van der Waals surface area contributed by atoms with E-state index in [2.05, 4.69) is 0 Å². The van der Waals surface area contributed by atoms with Crippen LogP contribution >= 0.6 is 0 Å². The molecule has 0 saturated heterocycles. The van der Waals surface area contributed by atoms with Crippen LogP contribution in [-0.4, -0.2) is 19.3 Å². The molecule has 5 heteroatoms. The molecule has 22 heavy (non-hydrogen) atoms. The molecule has 0 atom stereocenters. The Morgan fingerprint density at radius 3 is 2.64 bits per heavy atom. The number of hydrogen-bond donors (Lipinski definition) is 1. The van der Waals surface area contributed by atoms with Gasteiger partial charge in [-0.25, -0.2) is 4.79 Å². The SMILES string of the molecule is COc1ccc(N(C)c2cc(=O)oc3ccccc23)cc1O. The predicted molar refractivity (Wildman–Crippen MR) is 85.2 cm³/mol. The monoisotopic (exact) mass is 297 g/mol. The summed E-state index contributed by atoms with van der Waals surface area (Å²) >= 11 is 0. The predicted octanol–water partition coefficient (Wildman–Crippen LogP) is 3.28. The lowest BCUT2D eigenvalue weighted by atomic mass is 10.1. The van der Waals surface area contributed by atoms with Gasteiger partial charge in [0.1, 0.15) is 5.58 Å². The average Bonchev–Trinajstić information content (AvgIpc) is 2.53. The summed E-state index contributed by atoms with van der Waals surface area (Å²) in [6.45, 7) is 0. The molecule has 0 bridgehead atoms. The molecule has 1 aromatic heterocycles. The van der Waals surface area contributed by atoms with Gasteiger partial charge >= 0.3 is 5.63 Å². The number of rotatable bonds is 3. The van der Waals surface area contributed by atoms with E-state index in [0.717, 1.165) is 11.1 Å². The third-order valence-electron chi connectivity index (χ3n) is 3.54. The Bertz CT molecular complexity index is 885. The summed E-state index contributed by atoms with van der Waals surface area (Å²) in [5.41, 5.74) is 1.54. The van der Waals surface area contributed by atoms with Crippen molar-refractivity contribution >= 4 is 22.3 Å². The number of aromatic hydroxyl groups is 1. The minimum atomic E-state index is -0.418. The van der Waals surface area contributed by atoms with Gasteiger partial charge in [0.05, 0.1) is 12.8 Å². The van der Waals surface area contributed by atoms with Crippen LogP contribution in [-0.2, 0) is 0 Å². The van der Waals surface area contributed by atoms with Crippen LogP contribution in [0.25, 0.3) is 11.0 Å². The summed E-state index contributed by atoms with van der Waals surface area (Å²) in [6, 6.07) is 13.8. The van der Waals surface area contributed by atoms with Gasteiger partial charge in [-0.05, 0) is 24.3 Å². The Morgan fingerprint density at radius 1 is 1.14 bits per heavy atom. The lowest BCUT2D eigenvalue weighted by Crippen LogP contribution is -2.12. The zero-order valence-electron chi connectivity index (χ0n) is 12.2. The molecule has 0 aliphatic heterocycles. The first kappa shape index (κ1) is 14.0. The Morgan fingerprint density at radius 2 is 1.91 bits per heavy atom. The van der Waals surface area contributed by atoms with Gasteiger partial charge in [0.2, 0.25) is 0 Å². The molecule has 5 nitrogen and oxygen atoms in total. The van der Waals surface area contributed by atoms with Crippen molar-refractivity contribution in [2.24, 2.45) is 0 Å². The Balaban J connectivity index is 2.14. The minimum Gasteiger partial charge on any atom is -0.504 e. The second kappa shape index (κ2) is 5.44. The summed E-state index contributed by atoms with van der Waals surface area (Å²) < 4.78 is 10.2. The van der Waals surface area contributed by atoms with E-state index in [9.17, 15) is 9.90 Å². The first-order valence-corrected chi connectivity index (χ1v) is 6.74. The lowest BCUT2D eigenvalue weighted by molar-refractivity contribution is 0.373. The number of nitrogens with zero attached hydrogens (tertiary/aromatic N) is 1. The zero-order chi connectivity index (χ0) is 15.7. The number of methoxy groups -OCH3 is 1. The quantitative estimate of drug-likeness (QED) is 0.752. The van der Waals surface area contributed by atoms with Crippen LogP contribution in [0, 0.1) is 0 Å². The Labute approximate surface area is 127 Å². The van der Waals surface area contributed by atoms with Crippen LogP contribution in [0.4, 0.5) is 11.4 Å². The van der Waals surface area contributed by atoms with E-state index < -0.39 is 5.63 Å². The third kappa shape index (κ3) is 2.37. The Kier molecular flexibility index (Phi) is 3.47. The number of anilines is 2. The van der Waals surface area contributed by atoms with Gasteiger partial charge in [0, 0.05) is 30.3 Å². The summed E-state index contributed by atoms with van der Waals surface area (Å²) in [5, 5.41) is 10.7. The molecule has 1 N–H and O–H groups in total. The van der Waals surface area contributed by atoms with Crippen molar-refractivity contribution in [3.63, 3.8) is 0 Å². The van der Waals surface area contributed by atoms with Crippen molar-refractivity contribution in [3.05, 3.63) is 59.0 Å². The molecule has 2 aromatic carbocycles. The highest BCUT2D eigenvalue weighted by Crippen LogP contribution is 2.34. The summed E-state index contributed by atoms with van der Waals surface area (Å²) in [5.74, 6) is 0.439. The molecular weight excluding hydrogens is 282 g/mol. The van der Waals surface area contributed by atoms with Crippen molar-refractivity contribution in [3.8, 4) is 11.5 Å². The summed E-state index contributed by atoms with van der Waals surface area (Å²) in [4.78, 5) is 13.6. The highest BCUT2D eigenvalue weighted by molar-refractivity contribution is 5.92. The van der Waals surface area contributed by atoms with Gasteiger partial charge in [-0.2, -0.15) is 0 Å². The molecule has 0 radical (unpaired) electrons. The van der Waals surface area contributed by atoms with Crippen LogP contribution in [0.2, 0.25) is 0 Å². The highest BCUT2D eigenvalue weighted by Gasteiger charge is 2.12. The first-order chi connectivity index (χ1) is 10.6. The van der Waals surface area contributed by atoms with E-state index in [1.165, 1.54) is 13.2 Å². The number of benzene rings is 2. The van der Waals surface area contributed by atoms with Gasteiger partial charge in [0.25, 0.3) is 0 Å². The molecule has 3 aromatic rings. The molecule has 0 spiro atoms. The number of phenols is 1. The first-order valence-electron chi connectivity index (χ1n) is 6.74. The van der Waals surface area contributed by atoms with Crippen LogP contribution in [0.1, 0.15) is 0 Å². The smallest absolute Gasteiger partial charge is 0.338 e. The number of para-hydroxylation sites is 1. The molecule has 0 aliphatic rings. The molecule has 0 unspecified atom stereocenters. The van der Waals surface area contributed by atoms with E-state index in [1.54, 1.807) is 18.2 Å². The number of phenolic OH excluding ortho intramolecular Hbond substituents is 1. The molecule has 0 fully saturated rings. The minimum absolute atomic E-state index is 0.0409. The fourth-order valence-corrected chi connectivity index (χ4v) is 2.40. The normalized spacial score (nSPS) is 10.6. The fourth-order valence-electron chi connectivity index (χ4n) is 2.40. The number of ether oxygens (including phenoxy) is 1. The highest BCUT2D eigenvalue weighted by atomic mass is 16.5. The van der Waals surface area contributed by atoms with Crippen LogP contribution in [0.3, 0.4) is 0 Å². The van der Waals surface area contributed by atoms with Crippen LogP contribution < -0.4 is 15.3 Å². The molecule has 0 aliphatic carbocycles. The van der Waals surface area contributed by atoms with Gasteiger partial charge in [0.15, 0.2) is 11.5 Å². The van der Waals surface area contributed by atoms with Crippen molar-refractivity contribution in [1.82, 2.24) is 0 Å². The van der Waals surface area contributed by atoms with Crippen molar-refractivity contribution in [1.29, 1.82) is 0 Å². The molecule has 0 saturated carbocycles. The standard InChI is InChI=1S/C17H15NO4/c1-18(11-7-8-16(21-2)14(19)9-11)13-10-17(20)22-15-6-4-3-5-12(13)15/h3-10,19H,1-2H3. The molecule has 0 amide bonds. The van der Waals surface area contributed by atoms with E-state index in [-0.39, 0.29) is 5.75 Å². The number of hydrogen-bond acceptors (Lipinski definition) is 5. The number of fused-ring (bicyclic) bond motifs is 1. The van der Waals surface area contributed by atoms with Gasteiger partial charge < -0.3 is 19.2 Å². The molecule has 3 rings (SSSR count). The maximum Gasteiger partial charge on any atom is 0.338 e. The van der Waals surface area contributed by atoms with E-state index in [0.29, 0.717) is 17.0 Å². The summed E-state index contributed by atoms with van der Waals surface area (Å²) in [7, 11) is 3.32. The van der Waals surface area contributed by atoms with E-state index >= 15 is 0 Å². The average molecular weight is 297 g/mol.